The van der Waals surface area contributed by atoms with Gasteiger partial charge in [-0.2, -0.15) is 18.3 Å². The molecule has 0 fully saturated rings. The molecule has 0 bridgehead atoms. The van der Waals surface area contributed by atoms with Gasteiger partial charge in [-0.05, 0) is 37.6 Å². The van der Waals surface area contributed by atoms with Crippen LogP contribution in [0.3, 0.4) is 0 Å². The van der Waals surface area contributed by atoms with E-state index in [2.05, 4.69) is 5.10 Å². The standard InChI is InChI=1S/C16H15F3N2O/c1-3-21-11(2)14(10-20-21)15(22)9-6-12-4-7-13(8-5-12)16(17,18)19/h4-10H,3H2,1-2H3/b9-6+. The van der Waals surface area contributed by atoms with E-state index in [0.717, 1.165) is 17.8 Å². The van der Waals surface area contributed by atoms with Gasteiger partial charge in [0.2, 0.25) is 0 Å². The van der Waals surface area contributed by atoms with E-state index in [1.54, 1.807) is 11.6 Å². The minimum absolute atomic E-state index is 0.225. The fraction of sp³-hybridized carbons (Fsp3) is 0.250. The third-order valence-electron chi connectivity index (χ3n) is 3.33. The molecule has 0 aliphatic heterocycles. The third kappa shape index (κ3) is 3.44. The number of aryl methyl sites for hydroxylation is 1. The molecular weight excluding hydrogens is 293 g/mol. The van der Waals surface area contributed by atoms with Crippen LogP contribution in [0.5, 0.6) is 0 Å². The van der Waals surface area contributed by atoms with Crippen LogP contribution in [0, 0.1) is 6.92 Å². The summed E-state index contributed by atoms with van der Waals surface area (Å²) in [5.74, 6) is -0.225. The summed E-state index contributed by atoms with van der Waals surface area (Å²) >= 11 is 0. The topological polar surface area (TPSA) is 34.9 Å². The molecule has 0 N–H and O–H groups in total. The van der Waals surface area contributed by atoms with E-state index in [4.69, 9.17) is 0 Å². The predicted molar refractivity (Wildman–Crippen MR) is 77.4 cm³/mol. The molecule has 22 heavy (non-hydrogen) atoms. The summed E-state index contributed by atoms with van der Waals surface area (Å²) < 4.78 is 39.1. The number of nitrogens with zero attached hydrogens (tertiary/aromatic N) is 2. The number of aromatic nitrogens is 2. The molecule has 6 heteroatoms. The van der Waals surface area contributed by atoms with Crippen molar-refractivity contribution in [2.75, 3.05) is 0 Å². The van der Waals surface area contributed by atoms with E-state index in [9.17, 15) is 18.0 Å². The van der Waals surface area contributed by atoms with Crippen LogP contribution in [0.4, 0.5) is 13.2 Å². The number of ketones is 1. The summed E-state index contributed by atoms with van der Waals surface area (Å²) in [6.45, 7) is 4.39. The predicted octanol–water partition coefficient (Wildman–Crippen LogP) is 4.13. The number of carbonyl (C=O) groups excluding carboxylic acids is 1. The second-order valence-electron chi connectivity index (χ2n) is 4.78. The van der Waals surface area contributed by atoms with Gasteiger partial charge in [0.15, 0.2) is 5.78 Å². The molecule has 0 aliphatic rings. The second-order valence-corrected chi connectivity index (χ2v) is 4.78. The minimum Gasteiger partial charge on any atom is -0.289 e. The van der Waals surface area contributed by atoms with Gasteiger partial charge in [-0.15, -0.1) is 0 Å². The Bertz CT molecular complexity index is 697. The molecule has 0 aliphatic carbocycles. The lowest BCUT2D eigenvalue weighted by Crippen LogP contribution is -2.04. The summed E-state index contributed by atoms with van der Waals surface area (Å²) in [6, 6.07) is 4.64. The van der Waals surface area contributed by atoms with Crippen LogP contribution >= 0.6 is 0 Å². The first-order chi connectivity index (χ1) is 10.3. The van der Waals surface area contributed by atoms with Crippen molar-refractivity contribution in [2.45, 2.75) is 26.6 Å². The molecule has 0 radical (unpaired) electrons. The molecule has 0 atom stereocenters. The highest BCUT2D eigenvalue weighted by molar-refractivity contribution is 6.07. The van der Waals surface area contributed by atoms with Crippen molar-refractivity contribution >= 4 is 11.9 Å². The highest BCUT2D eigenvalue weighted by Crippen LogP contribution is 2.29. The molecule has 1 aromatic carbocycles. The zero-order valence-electron chi connectivity index (χ0n) is 12.2. The van der Waals surface area contributed by atoms with Crippen molar-refractivity contribution in [1.82, 2.24) is 9.78 Å². The Balaban J connectivity index is 2.14. The lowest BCUT2D eigenvalue weighted by Gasteiger charge is -2.05. The third-order valence-corrected chi connectivity index (χ3v) is 3.33. The van der Waals surface area contributed by atoms with E-state index in [1.807, 2.05) is 6.92 Å². The van der Waals surface area contributed by atoms with Crippen LogP contribution in [0.25, 0.3) is 6.08 Å². The first-order valence-corrected chi connectivity index (χ1v) is 6.75. The minimum atomic E-state index is -4.36. The maximum Gasteiger partial charge on any atom is 0.416 e. The number of benzene rings is 1. The quantitative estimate of drug-likeness (QED) is 0.629. The summed E-state index contributed by atoms with van der Waals surface area (Å²) in [5.41, 5.74) is 1.08. The fourth-order valence-corrected chi connectivity index (χ4v) is 2.05. The molecule has 0 saturated carbocycles. The van der Waals surface area contributed by atoms with Crippen LogP contribution in [-0.4, -0.2) is 15.6 Å². The Morgan fingerprint density at radius 1 is 1.27 bits per heavy atom. The van der Waals surface area contributed by atoms with Crippen LogP contribution < -0.4 is 0 Å². The van der Waals surface area contributed by atoms with Crippen LogP contribution in [0.2, 0.25) is 0 Å². The lowest BCUT2D eigenvalue weighted by molar-refractivity contribution is -0.137. The summed E-state index contributed by atoms with van der Waals surface area (Å²) in [7, 11) is 0. The zero-order chi connectivity index (χ0) is 16.3. The van der Waals surface area contributed by atoms with E-state index in [0.29, 0.717) is 17.7 Å². The van der Waals surface area contributed by atoms with Crippen LogP contribution in [0.1, 0.15) is 34.1 Å². The van der Waals surface area contributed by atoms with Crippen LogP contribution in [-0.2, 0) is 12.7 Å². The number of hydrogen-bond acceptors (Lipinski definition) is 2. The molecule has 116 valence electrons. The van der Waals surface area contributed by atoms with Gasteiger partial charge < -0.3 is 0 Å². The smallest absolute Gasteiger partial charge is 0.289 e. The fourth-order valence-electron chi connectivity index (χ4n) is 2.05. The molecule has 0 amide bonds. The summed E-state index contributed by atoms with van der Waals surface area (Å²) in [6.07, 6.45) is -0.0278. The number of hydrogen-bond donors (Lipinski definition) is 0. The van der Waals surface area contributed by atoms with Gasteiger partial charge >= 0.3 is 6.18 Å². The molecule has 3 nitrogen and oxygen atoms in total. The first-order valence-electron chi connectivity index (χ1n) is 6.75. The van der Waals surface area contributed by atoms with Gasteiger partial charge in [0, 0.05) is 12.2 Å². The monoisotopic (exact) mass is 308 g/mol. The van der Waals surface area contributed by atoms with Gasteiger partial charge in [-0.25, -0.2) is 0 Å². The Labute approximate surface area is 126 Å². The normalized spacial score (nSPS) is 12.0. The van der Waals surface area contributed by atoms with Gasteiger partial charge in [0.05, 0.1) is 17.3 Å². The van der Waals surface area contributed by atoms with Gasteiger partial charge in [-0.3, -0.25) is 9.48 Å². The van der Waals surface area contributed by atoms with Gasteiger partial charge in [0.1, 0.15) is 0 Å². The van der Waals surface area contributed by atoms with E-state index < -0.39 is 11.7 Å². The molecule has 1 aromatic heterocycles. The number of alkyl halides is 3. The van der Waals surface area contributed by atoms with Crippen molar-refractivity contribution in [2.24, 2.45) is 0 Å². The molecule has 0 unspecified atom stereocenters. The summed E-state index contributed by atoms with van der Waals surface area (Å²) in [5, 5.41) is 4.09. The highest BCUT2D eigenvalue weighted by Gasteiger charge is 2.29. The largest absolute Gasteiger partial charge is 0.416 e. The number of allylic oxidation sites excluding steroid dienone is 1. The van der Waals surface area contributed by atoms with Crippen molar-refractivity contribution in [3.63, 3.8) is 0 Å². The zero-order valence-corrected chi connectivity index (χ0v) is 12.2. The first kappa shape index (κ1) is 16.0. The molecule has 1 heterocycles. The Morgan fingerprint density at radius 3 is 2.41 bits per heavy atom. The lowest BCUT2D eigenvalue weighted by atomic mass is 10.1. The van der Waals surface area contributed by atoms with Crippen molar-refractivity contribution < 1.29 is 18.0 Å². The van der Waals surface area contributed by atoms with E-state index >= 15 is 0 Å². The van der Waals surface area contributed by atoms with Crippen molar-refractivity contribution in [1.29, 1.82) is 0 Å². The molecule has 0 saturated heterocycles. The number of rotatable bonds is 4. The maximum absolute atomic E-state index is 12.5. The molecule has 2 aromatic rings. The molecule has 2 rings (SSSR count). The Morgan fingerprint density at radius 2 is 1.91 bits per heavy atom. The number of halogens is 3. The average Bonchev–Trinajstić information content (AvgIpc) is 2.85. The second kappa shape index (κ2) is 6.17. The van der Waals surface area contributed by atoms with Crippen LogP contribution in [0.15, 0.2) is 36.5 Å². The molecule has 0 spiro atoms. The highest BCUT2D eigenvalue weighted by atomic mass is 19.4. The van der Waals surface area contributed by atoms with Gasteiger partial charge in [-0.1, -0.05) is 18.2 Å². The Hall–Kier alpha value is -2.37. The van der Waals surface area contributed by atoms with Gasteiger partial charge in [0.25, 0.3) is 0 Å². The van der Waals surface area contributed by atoms with Crippen molar-refractivity contribution in [3.05, 3.63) is 58.9 Å². The SMILES string of the molecule is CCn1ncc(C(=O)/C=C/c2ccc(C(F)(F)F)cc2)c1C. The maximum atomic E-state index is 12.5. The van der Waals surface area contributed by atoms with E-state index in [-0.39, 0.29) is 5.78 Å². The Kier molecular flexibility index (Phi) is 4.49. The summed E-state index contributed by atoms with van der Waals surface area (Å²) in [4.78, 5) is 12.1. The molecular formula is C16H15F3N2O. The van der Waals surface area contributed by atoms with Crippen molar-refractivity contribution in [3.8, 4) is 0 Å². The van der Waals surface area contributed by atoms with E-state index in [1.165, 1.54) is 30.5 Å². The number of carbonyl (C=O) groups is 1. The average molecular weight is 308 g/mol.